The van der Waals surface area contributed by atoms with Gasteiger partial charge in [0.1, 0.15) is 25.0 Å². The molecular weight excluding hydrogens is 520 g/mol. The number of amides is 1. The molecule has 0 fully saturated rings. The number of aliphatic hydroxyl groups is 1. The first kappa shape index (κ1) is 35.5. The molecule has 0 aromatic heterocycles. The molecule has 0 radical (unpaired) electrons. The zero-order valence-electron chi connectivity index (χ0n) is 24.3. The third-order valence-corrected chi connectivity index (χ3v) is 5.23. The Balaban J connectivity index is 1.83. The van der Waals surface area contributed by atoms with Crippen molar-refractivity contribution in [2.75, 3.05) is 52.7 Å². The number of benzene rings is 1. The number of unbranched alkanes of at least 4 members (excludes halogenated alkanes) is 2. The fraction of sp³-hybridized carbons (Fsp3) is 0.690. The number of nitrogens with one attached hydrogen (secondary N) is 2. The second-order valence-corrected chi connectivity index (χ2v) is 10.2. The molecule has 0 bridgehead atoms. The van der Waals surface area contributed by atoms with Gasteiger partial charge in [0.2, 0.25) is 5.91 Å². The maximum absolute atomic E-state index is 11.8. The first-order valence-corrected chi connectivity index (χ1v) is 14.0. The van der Waals surface area contributed by atoms with E-state index in [1.54, 1.807) is 0 Å². The van der Waals surface area contributed by atoms with Crippen molar-refractivity contribution in [1.82, 2.24) is 10.6 Å². The van der Waals surface area contributed by atoms with Crippen LogP contribution in [0.3, 0.4) is 0 Å². The topological polar surface area (TPSA) is 142 Å². The van der Waals surface area contributed by atoms with Gasteiger partial charge >= 0.3 is 11.9 Å². The summed E-state index contributed by atoms with van der Waals surface area (Å²) in [5.74, 6) is -0.819. The van der Waals surface area contributed by atoms with Gasteiger partial charge in [0, 0.05) is 26.0 Å². The summed E-state index contributed by atoms with van der Waals surface area (Å²) in [4.78, 5) is 35.1. The average Bonchev–Trinajstić information content (AvgIpc) is 2.90. The molecule has 1 aromatic rings. The SMILES string of the molecule is CC(C)(C)OC(=O)CCCC(=O)NCCOCCOCC(O)NCCCCCOCC(=O)OCc1ccccc1. The summed E-state index contributed by atoms with van der Waals surface area (Å²) >= 11 is 0. The van der Waals surface area contributed by atoms with Gasteiger partial charge in [-0.1, -0.05) is 30.3 Å². The molecular formula is C29H48N2O9. The molecule has 0 aliphatic carbocycles. The Morgan fingerprint density at radius 1 is 0.825 bits per heavy atom. The van der Waals surface area contributed by atoms with Gasteiger partial charge in [0.25, 0.3) is 0 Å². The smallest absolute Gasteiger partial charge is 0.332 e. The van der Waals surface area contributed by atoms with E-state index in [0.29, 0.717) is 45.9 Å². The van der Waals surface area contributed by atoms with Crippen LogP contribution in [0.25, 0.3) is 0 Å². The zero-order chi connectivity index (χ0) is 29.5. The van der Waals surface area contributed by atoms with E-state index in [4.69, 9.17) is 23.7 Å². The molecule has 0 spiro atoms. The lowest BCUT2D eigenvalue weighted by Gasteiger charge is -2.19. The van der Waals surface area contributed by atoms with Crippen molar-refractivity contribution in [2.24, 2.45) is 0 Å². The summed E-state index contributed by atoms with van der Waals surface area (Å²) < 4.78 is 26.5. The highest BCUT2D eigenvalue weighted by molar-refractivity contribution is 5.77. The number of hydrogen-bond acceptors (Lipinski definition) is 10. The Morgan fingerprint density at radius 2 is 1.57 bits per heavy atom. The molecule has 40 heavy (non-hydrogen) atoms. The van der Waals surface area contributed by atoms with Crippen molar-refractivity contribution in [3.8, 4) is 0 Å². The van der Waals surface area contributed by atoms with E-state index in [-0.39, 0.29) is 50.5 Å². The van der Waals surface area contributed by atoms with Crippen LogP contribution in [0, 0.1) is 0 Å². The number of carbonyl (C=O) groups is 3. The van der Waals surface area contributed by atoms with Crippen LogP contribution >= 0.6 is 0 Å². The number of carbonyl (C=O) groups excluding carboxylic acids is 3. The summed E-state index contributed by atoms with van der Waals surface area (Å²) in [7, 11) is 0. The normalized spacial score (nSPS) is 12.1. The fourth-order valence-corrected chi connectivity index (χ4v) is 3.32. The Kier molecular flexibility index (Phi) is 19.6. The van der Waals surface area contributed by atoms with Crippen LogP contribution < -0.4 is 10.6 Å². The molecule has 0 aliphatic heterocycles. The summed E-state index contributed by atoms with van der Waals surface area (Å²) in [6, 6.07) is 9.49. The Morgan fingerprint density at radius 3 is 2.33 bits per heavy atom. The maximum Gasteiger partial charge on any atom is 0.332 e. The van der Waals surface area contributed by atoms with Crippen molar-refractivity contribution in [2.45, 2.75) is 77.7 Å². The van der Waals surface area contributed by atoms with Crippen LogP contribution in [0.2, 0.25) is 0 Å². The molecule has 3 N–H and O–H groups in total. The van der Waals surface area contributed by atoms with E-state index in [1.165, 1.54) is 0 Å². The summed E-state index contributed by atoms with van der Waals surface area (Å²) in [6.45, 7) is 8.26. The number of rotatable bonds is 23. The maximum atomic E-state index is 11.8. The molecule has 228 valence electrons. The molecule has 11 heteroatoms. The molecule has 1 amide bonds. The van der Waals surface area contributed by atoms with Gasteiger partial charge in [-0.25, -0.2) is 4.79 Å². The standard InChI is InChI=1S/C29H48N2O9/c1-29(2,3)40-27(34)14-10-13-25(32)31-16-18-36-19-20-38-22-26(33)30-15-8-5-9-17-37-23-28(35)39-21-24-11-6-4-7-12-24/h4,6-7,11-12,26,30,33H,5,8-10,13-23H2,1-3H3,(H,31,32). The third kappa shape index (κ3) is 22.3. The van der Waals surface area contributed by atoms with Gasteiger partial charge in [0.15, 0.2) is 0 Å². The Bertz CT molecular complexity index is 815. The molecule has 0 saturated heterocycles. The van der Waals surface area contributed by atoms with E-state index in [2.05, 4.69) is 10.6 Å². The van der Waals surface area contributed by atoms with Crippen LogP contribution in [-0.2, 0) is 44.7 Å². The molecule has 1 rings (SSSR count). The summed E-state index contributed by atoms with van der Waals surface area (Å²) in [6.07, 6.45) is 2.70. The van der Waals surface area contributed by atoms with Gasteiger partial charge in [-0.3, -0.25) is 14.9 Å². The minimum atomic E-state index is -0.768. The van der Waals surface area contributed by atoms with Crippen LogP contribution in [0.5, 0.6) is 0 Å². The van der Waals surface area contributed by atoms with Crippen molar-refractivity contribution < 1.29 is 43.2 Å². The number of ether oxygens (including phenoxy) is 5. The van der Waals surface area contributed by atoms with Crippen molar-refractivity contribution in [3.63, 3.8) is 0 Å². The molecule has 0 saturated carbocycles. The first-order chi connectivity index (χ1) is 19.2. The highest BCUT2D eigenvalue weighted by atomic mass is 16.6. The van der Waals surface area contributed by atoms with Crippen LogP contribution in [0.1, 0.15) is 64.9 Å². The van der Waals surface area contributed by atoms with E-state index in [0.717, 1.165) is 24.8 Å². The van der Waals surface area contributed by atoms with Crippen LogP contribution in [-0.4, -0.2) is 87.5 Å². The predicted octanol–water partition coefficient (Wildman–Crippen LogP) is 2.49. The average molecular weight is 569 g/mol. The summed E-state index contributed by atoms with van der Waals surface area (Å²) in [5.41, 5.74) is 0.421. The third-order valence-electron chi connectivity index (χ3n) is 5.23. The second kappa shape index (κ2) is 22.2. The van der Waals surface area contributed by atoms with Crippen molar-refractivity contribution in [3.05, 3.63) is 35.9 Å². The summed E-state index contributed by atoms with van der Waals surface area (Å²) in [5, 5.41) is 15.6. The van der Waals surface area contributed by atoms with E-state index in [9.17, 15) is 19.5 Å². The van der Waals surface area contributed by atoms with Crippen LogP contribution in [0.15, 0.2) is 30.3 Å². The lowest BCUT2D eigenvalue weighted by Crippen LogP contribution is -2.34. The molecule has 11 nitrogen and oxygen atoms in total. The molecule has 1 aromatic carbocycles. The van der Waals surface area contributed by atoms with Crippen LogP contribution in [0.4, 0.5) is 0 Å². The van der Waals surface area contributed by atoms with Gasteiger partial charge < -0.3 is 34.1 Å². The molecule has 1 atom stereocenters. The first-order valence-electron chi connectivity index (χ1n) is 14.0. The van der Waals surface area contributed by atoms with Crippen molar-refractivity contribution in [1.29, 1.82) is 0 Å². The molecule has 0 heterocycles. The lowest BCUT2D eigenvalue weighted by atomic mass is 10.2. The highest BCUT2D eigenvalue weighted by Gasteiger charge is 2.16. The van der Waals surface area contributed by atoms with Gasteiger partial charge in [-0.05, 0) is 58.6 Å². The Hall–Kier alpha value is -2.57. The predicted molar refractivity (Wildman–Crippen MR) is 149 cm³/mol. The number of esters is 2. The van der Waals surface area contributed by atoms with E-state index in [1.807, 2.05) is 51.1 Å². The largest absolute Gasteiger partial charge is 0.460 e. The quantitative estimate of drug-likeness (QED) is 0.102. The highest BCUT2D eigenvalue weighted by Crippen LogP contribution is 2.09. The molecule has 1 unspecified atom stereocenters. The van der Waals surface area contributed by atoms with E-state index >= 15 is 0 Å². The zero-order valence-corrected chi connectivity index (χ0v) is 24.3. The number of aliphatic hydroxyl groups excluding tert-OH is 1. The second-order valence-electron chi connectivity index (χ2n) is 10.2. The minimum Gasteiger partial charge on any atom is -0.460 e. The fourth-order valence-electron chi connectivity index (χ4n) is 3.32. The lowest BCUT2D eigenvalue weighted by molar-refractivity contribution is -0.155. The van der Waals surface area contributed by atoms with Gasteiger partial charge in [-0.2, -0.15) is 0 Å². The minimum absolute atomic E-state index is 0.0587. The monoisotopic (exact) mass is 568 g/mol. The van der Waals surface area contributed by atoms with Gasteiger partial charge in [0.05, 0.1) is 26.4 Å². The number of hydrogen-bond donors (Lipinski definition) is 3. The Labute approximate surface area is 238 Å². The molecule has 0 aliphatic rings. The van der Waals surface area contributed by atoms with Crippen molar-refractivity contribution >= 4 is 17.8 Å². The van der Waals surface area contributed by atoms with Gasteiger partial charge in [-0.15, -0.1) is 0 Å². The van der Waals surface area contributed by atoms with E-state index < -0.39 is 11.8 Å².